The van der Waals surface area contributed by atoms with E-state index in [4.69, 9.17) is 13.8 Å². The lowest BCUT2D eigenvalue weighted by atomic mass is 9.70. The highest BCUT2D eigenvalue weighted by molar-refractivity contribution is 7.86. The molecule has 2 atom stereocenters. The van der Waals surface area contributed by atoms with Crippen molar-refractivity contribution in [1.29, 1.82) is 0 Å². The number of rotatable bonds is 7. The standard InChI is InChI=1S/C24H29NO7S/c1-23(2)16-9-10-24(23,21(26)12-16)14-33(28,29)32-25(3)22(27)18-11-15-7-6-8-19(30-4)17(15)13-20(18)31-5/h6-8,11,13,16H,9-10,12,14H2,1-5H3/t16?,24-/m1/s1. The highest BCUT2D eigenvalue weighted by Gasteiger charge is 2.65. The van der Waals surface area contributed by atoms with Gasteiger partial charge in [0.1, 0.15) is 17.3 Å². The fraction of sp³-hybridized carbons (Fsp3) is 0.500. The number of ketones is 1. The summed E-state index contributed by atoms with van der Waals surface area (Å²) in [6.07, 6.45) is 1.74. The Balaban J connectivity index is 1.60. The molecule has 0 saturated heterocycles. The molecule has 2 aliphatic rings. The van der Waals surface area contributed by atoms with Crippen molar-refractivity contribution in [3.63, 3.8) is 0 Å². The van der Waals surface area contributed by atoms with E-state index >= 15 is 0 Å². The summed E-state index contributed by atoms with van der Waals surface area (Å²) in [6, 6.07) is 8.68. The van der Waals surface area contributed by atoms with E-state index in [2.05, 4.69) is 0 Å². The zero-order valence-corrected chi connectivity index (χ0v) is 20.3. The number of methoxy groups -OCH3 is 2. The smallest absolute Gasteiger partial charge is 0.289 e. The normalized spacial score (nSPS) is 23.7. The summed E-state index contributed by atoms with van der Waals surface area (Å²) in [4.78, 5) is 25.9. The van der Waals surface area contributed by atoms with Crippen LogP contribution >= 0.6 is 0 Å². The van der Waals surface area contributed by atoms with Crippen molar-refractivity contribution in [3.8, 4) is 11.5 Å². The van der Waals surface area contributed by atoms with Gasteiger partial charge in [0.15, 0.2) is 0 Å². The summed E-state index contributed by atoms with van der Waals surface area (Å²) < 4.78 is 41.9. The molecule has 2 aromatic rings. The van der Waals surface area contributed by atoms with Gasteiger partial charge in [-0.3, -0.25) is 9.59 Å². The summed E-state index contributed by atoms with van der Waals surface area (Å²) in [6.45, 7) is 3.91. The molecule has 0 heterocycles. The van der Waals surface area contributed by atoms with Crippen LogP contribution in [0.3, 0.4) is 0 Å². The second kappa shape index (κ2) is 7.99. The molecule has 0 N–H and O–H groups in total. The molecule has 0 aliphatic heterocycles. The minimum atomic E-state index is -4.21. The second-order valence-corrected chi connectivity index (χ2v) is 11.0. The fourth-order valence-corrected chi connectivity index (χ4v) is 7.34. The molecule has 2 aliphatic carbocycles. The number of fused-ring (bicyclic) bond motifs is 3. The lowest BCUT2D eigenvalue weighted by molar-refractivity contribution is -0.128. The molecule has 178 valence electrons. The van der Waals surface area contributed by atoms with Gasteiger partial charge in [-0.2, -0.15) is 8.42 Å². The topological polar surface area (TPSA) is 99.2 Å². The Morgan fingerprint density at radius 3 is 2.42 bits per heavy atom. The number of hydrogen-bond donors (Lipinski definition) is 0. The fourth-order valence-electron chi connectivity index (χ4n) is 5.60. The number of carbonyl (C=O) groups is 2. The molecule has 8 nitrogen and oxygen atoms in total. The van der Waals surface area contributed by atoms with Gasteiger partial charge in [-0.15, -0.1) is 4.28 Å². The van der Waals surface area contributed by atoms with E-state index in [1.807, 2.05) is 19.9 Å². The highest BCUT2D eigenvalue weighted by atomic mass is 32.2. The first-order chi connectivity index (χ1) is 15.5. The third-order valence-corrected chi connectivity index (χ3v) is 8.98. The van der Waals surface area contributed by atoms with E-state index < -0.39 is 32.6 Å². The van der Waals surface area contributed by atoms with Crippen molar-refractivity contribution in [2.24, 2.45) is 16.7 Å². The number of benzene rings is 2. The van der Waals surface area contributed by atoms with Gasteiger partial charge in [0, 0.05) is 18.9 Å². The monoisotopic (exact) mass is 475 g/mol. The first-order valence-electron chi connectivity index (χ1n) is 10.8. The maximum atomic E-state index is 13.1. The van der Waals surface area contributed by atoms with E-state index in [0.717, 1.165) is 17.2 Å². The van der Waals surface area contributed by atoms with Crippen LogP contribution in [-0.4, -0.2) is 52.2 Å². The Bertz CT molecular complexity index is 1240. The Labute approximate surface area is 193 Å². The van der Waals surface area contributed by atoms with Crippen molar-refractivity contribution in [1.82, 2.24) is 5.06 Å². The molecule has 33 heavy (non-hydrogen) atoms. The first kappa shape index (κ1) is 23.5. The Morgan fingerprint density at radius 1 is 1.15 bits per heavy atom. The third-order valence-electron chi connectivity index (χ3n) is 7.68. The van der Waals surface area contributed by atoms with Gasteiger partial charge in [-0.1, -0.05) is 26.0 Å². The van der Waals surface area contributed by atoms with Crippen LogP contribution in [-0.2, 0) is 19.2 Å². The summed E-state index contributed by atoms with van der Waals surface area (Å²) in [5.41, 5.74) is -1.26. The van der Waals surface area contributed by atoms with Gasteiger partial charge in [-0.25, -0.2) is 5.06 Å². The molecule has 0 spiro atoms. The van der Waals surface area contributed by atoms with Gasteiger partial charge in [0.25, 0.3) is 16.0 Å². The van der Waals surface area contributed by atoms with E-state index in [-0.39, 0.29) is 23.0 Å². The zero-order chi connectivity index (χ0) is 24.2. The van der Waals surface area contributed by atoms with Gasteiger partial charge >= 0.3 is 0 Å². The maximum Gasteiger partial charge on any atom is 0.289 e. The number of hydroxylamine groups is 2. The van der Waals surface area contributed by atoms with Crippen LogP contribution in [0.4, 0.5) is 0 Å². The predicted molar refractivity (Wildman–Crippen MR) is 123 cm³/mol. The lowest BCUT2D eigenvalue weighted by Crippen LogP contribution is -2.44. The molecular weight excluding hydrogens is 446 g/mol. The maximum absolute atomic E-state index is 13.1. The number of nitrogens with zero attached hydrogens (tertiary/aromatic N) is 1. The molecule has 2 saturated carbocycles. The lowest BCUT2D eigenvalue weighted by Gasteiger charge is -2.36. The number of carbonyl (C=O) groups excluding carboxylic acids is 2. The molecule has 9 heteroatoms. The van der Waals surface area contributed by atoms with Crippen LogP contribution in [0, 0.1) is 16.7 Å². The average Bonchev–Trinajstić information content (AvgIpc) is 3.10. The van der Waals surface area contributed by atoms with Crippen LogP contribution in [0.2, 0.25) is 0 Å². The van der Waals surface area contributed by atoms with Crippen LogP contribution in [0.15, 0.2) is 30.3 Å². The molecule has 1 amide bonds. The SMILES string of the molecule is COc1cc2c(OC)cccc2cc1C(=O)N(C)OS(=O)(=O)C[C@]12CCC(CC1=O)C2(C)C. The average molecular weight is 476 g/mol. The van der Waals surface area contributed by atoms with Gasteiger partial charge in [0.2, 0.25) is 0 Å². The number of hydrogen-bond acceptors (Lipinski definition) is 7. The van der Waals surface area contributed by atoms with Gasteiger partial charge in [0.05, 0.1) is 31.0 Å². The van der Waals surface area contributed by atoms with E-state index in [1.165, 1.54) is 14.2 Å². The van der Waals surface area contributed by atoms with Crippen molar-refractivity contribution in [3.05, 3.63) is 35.9 Å². The van der Waals surface area contributed by atoms with Crippen molar-refractivity contribution in [2.45, 2.75) is 33.1 Å². The molecule has 2 bridgehead atoms. The van der Waals surface area contributed by atoms with Crippen LogP contribution in [0.1, 0.15) is 43.5 Å². The second-order valence-electron chi connectivity index (χ2n) is 9.48. The van der Waals surface area contributed by atoms with Crippen molar-refractivity contribution >= 4 is 32.6 Å². The van der Waals surface area contributed by atoms with Gasteiger partial charge in [-0.05, 0) is 47.8 Å². The molecule has 0 radical (unpaired) electrons. The third kappa shape index (κ3) is 3.67. The quantitative estimate of drug-likeness (QED) is 0.564. The summed E-state index contributed by atoms with van der Waals surface area (Å²) >= 11 is 0. The number of amides is 1. The molecule has 0 aromatic heterocycles. The molecule has 1 unspecified atom stereocenters. The molecule has 2 aromatic carbocycles. The van der Waals surface area contributed by atoms with Crippen molar-refractivity contribution in [2.75, 3.05) is 27.0 Å². The largest absolute Gasteiger partial charge is 0.496 e. The zero-order valence-electron chi connectivity index (χ0n) is 19.5. The van der Waals surface area contributed by atoms with Crippen LogP contribution < -0.4 is 9.47 Å². The van der Waals surface area contributed by atoms with E-state index in [1.54, 1.807) is 31.4 Å². The van der Waals surface area contributed by atoms with E-state index in [0.29, 0.717) is 23.7 Å². The Morgan fingerprint density at radius 2 is 1.85 bits per heavy atom. The number of ether oxygens (including phenoxy) is 2. The molecule has 2 fully saturated rings. The first-order valence-corrected chi connectivity index (χ1v) is 12.4. The van der Waals surface area contributed by atoms with E-state index in [9.17, 15) is 18.0 Å². The highest BCUT2D eigenvalue weighted by Crippen LogP contribution is 2.64. The summed E-state index contributed by atoms with van der Waals surface area (Å²) in [7, 11) is 0.00335. The summed E-state index contributed by atoms with van der Waals surface area (Å²) in [5, 5.41) is 2.17. The summed E-state index contributed by atoms with van der Waals surface area (Å²) in [5.74, 6) is -0.0945. The van der Waals surface area contributed by atoms with Crippen LogP contribution in [0.25, 0.3) is 10.8 Å². The van der Waals surface area contributed by atoms with Crippen LogP contribution in [0.5, 0.6) is 11.5 Å². The Kier molecular flexibility index (Phi) is 5.69. The molecular formula is C24H29NO7S. The van der Waals surface area contributed by atoms with Gasteiger partial charge < -0.3 is 9.47 Å². The predicted octanol–water partition coefficient (Wildman–Crippen LogP) is 3.59. The minimum Gasteiger partial charge on any atom is -0.496 e. The number of Topliss-reactive ketones (excluding diaryl/α,β-unsaturated/α-hetero) is 1. The Hall–Kier alpha value is -2.65. The minimum absolute atomic E-state index is 0.0324. The van der Waals surface area contributed by atoms with Crippen molar-refractivity contribution < 1.29 is 31.8 Å². The molecule has 4 rings (SSSR count).